The Bertz CT molecular complexity index is 1240. The SMILES string of the molecule is Cc1cccc(C)c1OCCCCn1c(CCCNC(=O)CCc2ccccc2)nc2ccccc21. The number of imidazole rings is 1. The monoisotopic (exact) mass is 483 g/mol. The molecule has 36 heavy (non-hydrogen) atoms. The first kappa shape index (κ1) is 25.5. The average molecular weight is 484 g/mol. The number of nitrogens with one attached hydrogen (secondary N) is 1. The van der Waals surface area contributed by atoms with Crippen LogP contribution in [0.1, 0.15) is 48.2 Å². The van der Waals surface area contributed by atoms with Crippen molar-refractivity contribution in [2.75, 3.05) is 13.2 Å². The molecular formula is C31H37N3O2. The molecule has 0 aliphatic carbocycles. The van der Waals surface area contributed by atoms with Crippen molar-refractivity contribution in [2.45, 2.75) is 58.9 Å². The van der Waals surface area contributed by atoms with Crippen molar-refractivity contribution in [1.29, 1.82) is 0 Å². The first-order valence-electron chi connectivity index (χ1n) is 13.1. The predicted molar refractivity (Wildman–Crippen MR) is 146 cm³/mol. The minimum absolute atomic E-state index is 0.108. The molecule has 4 rings (SSSR count). The summed E-state index contributed by atoms with van der Waals surface area (Å²) in [5.41, 5.74) is 5.78. The third kappa shape index (κ3) is 6.97. The van der Waals surface area contributed by atoms with Gasteiger partial charge in [0, 0.05) is 25.9 Å². The van der Waals surface area contributed by atoms with Crippen molar-refractivity contribution < 1.29 is 9.53 Å². The van der Waals surface area contributed by atoms with Gasteiger partial charge in [0.15, 0.2) is 0 Å². The van der Waals surface area contributed by atoms with E-state index in [2.05, 4.69) is 72.3 Å². The van der Waals surface area contributed by atoms with Crippen molar-refractivity contribution >= 4 is 16.9 Å². The number of hydrogen-bond acceptors (Lipinski definition) is 3. The van der Waals surface area contributed by atoms with E-state index >= 15 is 0 Å². The molecule has 1 N–H and O–H groups in total. The predicted octanol–water partition coefficient (Wildman–Crippen LogP) is 6.19. The third-order valence-electron chi connectivity index (χ3n) is 6.55. The number of ether oxygens (including phenoxy) is 1. The Labute approximate surface area is 214 Å². The number of para-hydroxylation sites is 3. The van der Waals surface area contributed by atoms with Crippen LogP contribution in [0.4, 0.5) is 0 Å². The van der Waals surface area contributed by atoms with Crippen LogP contribution in [0.25, 0.3) is 11.0 Å². The van der Waals surface area contributed by atoms with Gasteiger partial charge >= 0.3 is 0 Å². The largest absolute Gasteiger partial charge is 0.493 e. The molecule has 3 aromatic carbocycles. The van der Waals surface area contributed by atoms with Crippen LogP contribution < -0.4 is 10.1 Å². The van der Waals surface area contributed by atoms with Gasteiger partial charge in [-0.2, -0.15) is 0 Å². The lowest BCUT2D eigenvalue weighted by atomic mass is 10.1. The van der Waals surface area contributed by atoms with Gasteiger partial charge in [-0.3, -0.25) is 4.79 Å². The second-order valence-corrected chi connectivity index (χ2v) is 9.38. The Balaban J connectivity index is 1.25. The lowest BCUT2D eigenvalue weighted by Gasteiger charge is -2.13. The lowest BCUT2D eigenvalue weighted by molar-refractivity contribution is -0.121. The van der Waals surface area contributed by atoms with Crippen LogP contribution in [0, 0.1) is 13.8 Å². The number of aromatic nitrogens is 2. The minimum Gasteiger partial charge on any atom is -0.493 e. The van der Waals surface area contributed by atoms with E-state index in [1.807, 2.05) is 24.3 Å². The fourth-order valence-corrected chi connectivity index (χ4v) is 4.60. The molecule has 188 valence electrons. The number of benzene rings is 3. The van der Waals surface area contributed by atoms with Gasteiger partial charge in [-0.1, -0.05) is 60.7 Å². The van der Waals surface area contributed by atoms with Crippen LogP contribution in [-0.4, -0.2) is 28.6 Å². The first-order valence-corrected chi connectivity index (χ1v) is 13.1. The smallest absolute Gasteiger partial charge is 0.220 e. The molecule has 0 aliphatic rings. The zero-order valence-corrected chi connectivity index (χ0v) is 21.5. The summed E-state index contributed by atoms with van der Waals surface area (Å²) in [6, 6.07) is 24.7. The maximum absolute atomic E-state index is 12.2. The number of unbranched alkanes of at least 4 members (excludes halogenated alkanes) is 1. The molecular weight excluding hydrogens is 446 g/mol. The van der Waals surface area contributed by atoms with Crippen LogP contribution in [0.2, 0.25) is 0 Å². The molecule has 5 nitrogen and oxygen atoms in total. The Morgan fingerprint density at radius 3 is 2.42 bits per heavy atom. The highest BCUT2D eigenvalue weighted by Gasteiger charge is 2.11. The normalized spacial score (nSPS) is 11.1. The second kappa shape index (κ2) is 12.9. The Hall–Kier alpha value is -3.60. The molecule has 1 aromatic heterocycles. The van der Waals surface area contributed by atoms with Crippen LogP contribution in [0.3, 0.4) is 0 Å². The molecule has 0 atom stereocenters. The van der Waals surface area contributed by atoms with Crippen LogP contribution >= 0.6 is 0 Å². The van der Waals surface area contributed by atoms with Crippen molar-refractivity contribution in [3.63, 3.8) is 0 Å². The average Bonchev–Trinajstić information content (AvgIpc) is 3.24. The van der Waals surface area contributed by atoms with Crippen LogP contribution in [0.15, 0.2) is 72.8 Å². The molecule has 0 spiro atoms. The molecule has 4 aromatic rings. The molecule has 0 unspecified atom stereocenters. The van der Waals surface area contributed by atoms with Crippen LogP contribution in [0.5, 0.6) is 5.75 Å². The number of hydrogen-bond donors (Lipinski definition) is 1. The second-order valence-electron chi connectivity index (χ2n) is 9.38. The van der Waals surface area contributed by atoms with Gasteiger partial charge in [-0.15, -0.1) is 0 Å². The zero-order chi connectivity index (χ0) is 25.2. The van der Waals surface area contributed by atoms with E-state index in [1.54, 1.807) is 0 Å². The maximum atomic E-state index is 12.2. The molecule has 0 saturated carbocycles. The van der Waals surface area contributed by atoms with E-state index in [9.17, 15) is 4.79 Å². The van der Waals surface area contributed by atoms with Gasteiger partial charge in [0.25, 0.3) is 0 Å². The van der Waals surface area contributed by atoms with Crippen molar-refractivity contribution in [2.24, 2.45) is 0 Å². The number of carbonyl (C=O) groups excluding carboxylic acids is 1. The quantitative estimate of drug-likeness (QED) is 0.231. The van der Waals surface area contributed by atoms with E-state index in [4.69, 9.17) is 9.72 Å². The van der Waals surface area contributed by atoms with Gasteiger partial charge in [0.05, 0.1) is 17.6 Å². The summed E-state index contributed by atoms with van der Waals surface area (Å²) in [7, 11) is 0. The van der Waals surface area contributed by atoms with Crippen molar-refractivity contribution in [1.82, 2.24) is 14.9 Å². The van der Waals surface area contributed by atoms with E-state index < -0.39 is 0 Å². The zero-order valence-electron chi connectivity index (χ0n) is 21.5. The van der Waals surface area contributed by atoms with Gasteiger partial charge in [0.2, 0.25) is 5.91 Å². The minimum atomic E-state index is 0.108. The van der Waals surface area contributed by atoms with Crippen molar-refractivity contribution in [3.05, 3.63) is 95.3 Å². The lowest BCUT2D eigenvalue weighted by Crippen LogP contribution is -2.25. The summed E-state index contributed by atoms with van der Waals surface area (Å²) in [4.78, 5) is 17.1. The molecule has 0 aliphatic heterocycles. The molecule has 0 fully saturated rings. The van der Waals surface area contributed by atoms with Crippen LogP contribution in [-0.2, 0) is 24.2 Å². The molecule has 1 amide bonds. The number of rotatable bonds is 13. The highest BCUT2D eigenvalue weighted by atomic mass is 16.5. The number of aryl methyl sites for hydroxylation is 5. The molecule has 5 heteroatoms. The van der Waals surface area contributed by atoms with Crippen molar-refractivity contribution in [3.8, 4) is 5.75 Å². The van der Waals surface area contributed by atoms with Gasteiger partial charge in [-0.05, 0) is 68.4 Å². The fraction of sp³-hybridized carbons (Fsp3) is 0.355. The van der Waals surface area contributed by atoms with E-state index in [0.717, 1.165) is 55.7 Å². The topological polar surface area (TPSA) is 56.1 Å². The molecule has 0 saturated heterocycles. The molecule has 0 bridgehead atoms. The maximum Gasteiger partial charge on any atom is 0.220 e. The number of fused-ring (bicyclic) bond motifs is 1. The summed E-state index contributed by atoms with van der Waals surface area (Å²) in [5, 5.41) is 3.07. The number of carbonyl (C=O) groups is 1. The van der Waals surface area contributed by atoms with Gasteiger partial charge in [-0.25, -0.2) is 4.98 Å². The highest BCUT2D eigenvalue weighted by molar-refractivity contribution is 5.76. The van der Waals surface area contributed by atoms with Gasteiger partial charge < -0.3 is 14.6 Å². The third-order valence-corrected chi connectivity index (χ3v) is 6.55. The van der Waals surface area contributed by atoms with E-state index in [0.29, 0.717) is 19.6 Å². The van der Waals surface area contributed by atoms with E-state index in [1.165, 1.54) is 22.2 Å². The summed E-state index contributed by atoms with van der Waals surface area (Å²) < 4.78 is 8.43. The number of nitrogens with zero attached hydrogens (tertiary/aromatic N) is 2. The molecule has 0 radical (unpaired) electrons. The standard InChI is InChI=1S/C31H37N3O2/c1-24-12-10-13-25(2)31(24)36-23-9-8-22-34-28-17-7-6-16-27(28)33-29(34)18-11-21-32-30(35)20-19-26-14-4-3-5-15-26/h3-7,10,12-17H,8-9,11,18-23H2,1-2H3,(H,32,35). The Kier molecular flexibility index (Phi) is 9.15. The van der Waals surface area contributed by atoms with Gasteiger partial charge in [0.1, 0.15) is 11.6 Å². The summed E-state index contributed by atoms with van der Waals surface area (Å²) in [6.45, 7) is 6.48. The fourth-order valence-electron chi connectivity index (χ4n) is 4.60. The Morgan fingerprint density at radius 1 is 0.861 bits per heavy atom. The van der Waals surface area contributed by atoms with E-state index in [-0.39, 0.29) is 5.91 Å². The highest BCUT2D eigenvalue weighted by Crippen LogP contribution is 2.23. The summed E-state index contributed by atoms with van der Waals surface area (Å²) in [5.74, 6) is 2.21. The Morgan fingerprint density at radius 2 is 1.61 bits per heavy atom. The number of amides is 1. The first-order chi connectivity index (χ1) is 17.6. The molecule has 1 heterocycles. The summed E-state index contributed by atoms with van der Waals surface area (Å²) >= 11 is 0. The summed E-state index contributed by atoms with van der Waals surface area (Å²) in [6.07, 6.45) is 5.01.